The number of allylic oxidation sites excluding steroid dienone is 2. The summed E-state index contributed by atoms with van der Waals surface area (Å²) in [4.78, 5) is 41.9. The molecular weight excluding hydrogens is 477 g/mol. The van der Waals surface area contributed by atoms with Crippen LogP contribution in [-0.2, 0) is 15.8 Å². The Bertz CT molecular complexity index is 1050. The zero-order valence-electron chi connectivity index (χ0n) is 20.9. The van der Waals surface area contributed by atoms with E-state index in [-0.39, 0.29) is 30.6 Å². The van der Waals surface area contributed by atoms with Crippen molar-refractivity contribution in [3.63, 3.8) is 0 Å². The number of alkyl halides is 3. The molecule has 8 nitrogen and oxygen atoms in total. The lowest BCUT2D eigenvalue weighted by atomic mass is 9.97. The second-order valence-corrected chi connectivity index (χ2v) is 10.3. The molecule has 1 aromatic rings. The molecule has 4 unspecified atom stereocenters. The quantitative estimate of drug-likeness (QED) is 0.415. The van der Waals surface area contributed by atoms with Crippen LogP contribution in [0, 0.1) is 18.3 Å². The summed E-state index contributed by atoms with van der Waals surface area (Å²) in [6.45, 7) is 7.79. The van der Waals surface area contributed by atoms with Gasteiger partial charge in [-0.2, -0.15) is 13.2 Å². The average Bonchev–Trinajstić information content (AvgIpc) is 3.35. The molecule has 0 bridgehead atoms. The van der Waals surface area contributed by atoms with Gasteiger partial charge in [0, 0.05) is 24.4 Å². The van der Waals surface area contributed by atoms with Crippen LogP contribution in [0.5, 0.6) is 0 Å². The zero-order chi connectivity index (χ0) is 26.8. The van der Waals surface area contributed by atoms with Crippen LogP contribution in [0.4, 0.5) is 23.8 Å². The fraction of sp³-hybridized carbons (Fsp3) is 0.600. The molecule has 36 heavy (non-hydrogen) atoms. The van der Waals surface area contributed by atoms with Crippen LogP contribution in [0.3, 0.4) is 0 Å². The molecule has 1 saturated heterocycles. The first-order valence-corrected chi connectivity index (χ1v) is 12.0. The maximum absolute atomic E-state index is 13.0. The van der Waals surface area contributed by atoms with Crippen molar-refractivity contribution in [3.05, 3.63) is 35.0 Å². The van der Waals surface area contributed by atoms with Crippen molar-refractivity contribution in [2.24, 2.45) is 11.3 Å². The minimum Gasteiger partial charge on any atom is -0.465 e. The number of nitrogens with zero attached hydrogens (tertiary/aromatic N) is 2. The highest BCUT2D eigenvalue weighted by Gasteiger charge is 2.67. The van der Waals surface area contributed by atoms with Gasteiger partial charge < -0.3 is 15.7 Å². The maximum atomic E-state index is 13.0. The van der Waals surface area contributed by atoms with Crippen LogP contribution in [0.1, 0.15) is 64.1 Å². The van der Waals surface area contributed by atoms with Gasteiger partial charge in [-0.3, -0.25) is 14.5 Å². The fourth-order valence-electron chi connectivity index (χ4n) is 4.82. The smallest absolute Gasteiger partial charge is 0.433 e. The predicted molar refractivity (Wildman–Crippen MR) is 127 cm³/mol. The van der Waals surface area contributed by atoms with E-state index in [0.29, 0.717) is 18.4 Å². The Morgan fingerprint density at radius 3 is 2.58 bits per heavy atom. The topological polar surface area (TPSA) is 112 Å². The van der Waals surface area contributed by atoms with E-state index in [1.807, 2.05) is 20.8 Å². The van der Waals surface area contributed by atoms with E-state index in [4.69, 9.17) is 0 Å². The predicted octanol–water partition coefficient (Wildman–Crippen LogP) is 4.75. The molecule has 198 valence electrons. The number of pyridine rings is 1. The van der Waals surface area contributed by atoms with Crippen molar-refractivity contribution in [1.82, 2.24) is 15.2 Å². The lowest BCUT2D eigenvalue weighted by Crippen LogP contribution is -2.45. The number of likely N-dealkylation sites (tertiary alicyclic amines) is 1. The summed E-state index contributed by atoms with van der Waals surface area (Å²) in [5.74, 6) is -0.935. The SMILES string of the molecule is CC(C)=CCCC(C)CC(=O)NCC12CC(C(=O)Nc3nc(C(F)(F)F)ccc3C)N(C(=O)O)C1C2. The van der Waals surface area contributed by atoms with Gasteiger partial charge in [0.1, 0.15) is 17.6 Å². The first-order chi connectivity index (χ1) is 16.7. The monoisotopic (exact) mass is 510 g/mol. The first kappa shape index (κ1) is 27.5. The van der Waals surface area contributed by atoms with Gasteiger partial charge in [0.05, 0.1) is 0 Å². The van der Waals surface area contributed by atoms with Gasteiger partial charge in [0.15, 0.2) is 0 Å². The minimum absolute atomic E-state index is 0.127. The van der Waals surface area contributed by atoms with E-state index in [1.165, 1.54) is 18.6 Å². The van der Waals surface area contributed by atoms with Crippen LogP contribution in [0.15, 0.2) is 23.8 Å². The molecule has 2 fully saturated rings. The zero-order valence-corrected chi connectivity index (χ0v) is 20.9. The number of carboxylic acid groups (broad SMARTS) is 1. The van der Waals surface area contributed by atoms with E-state index >= 15 is 0 Å². The van der Waals surface area contributed by atoms with Gasteiger partial charge in [0.2, 0.25) is 11.8 Å². The minimum atomic E-state index is -4.68. The van der Waals surface area contributed by atoms with Gasteiger partial charge >= 0.3 is 12.3 Å². The third-order valence-corrected chi connectivity index (χ3v) is 6.95. The number of rotatable bonds is 9. The largest absolute Gasteiger partial charge is 0.465 e. The third kappa shape index (κ3) is 6.36. The molecule has 1 aliphatic heterocycles. The van der Waals surface area contributed by atoms with E-state index in [1.54, 1.807) is 0 Å². The summed E-state index contributed by atoms with van der Waals surface area (Å²) in [5, 5.41) is 15.0. The van der Waals surface area contributed by atoms with E-state index < -0.39 is 41.4 Å². The van der Waals surface area contributed by atoms with Gasteiger partial charge in [-0.05, 0) is 64.0 Å². The van der Waals surface area contributed by atoms with E-state index in [9.17, 15) is 32.7 Å². The maximum Gasteiger partial charge on any atom is 0.433 e. The standard InChI is InChI=1S/C25H33F3N4O4/c1-14(2)6-5-7-15(3)10-20(33)29-13-24-11-17(32(23(35)36)19(24)12-24)22(34)31-21-16(4)8-9-18(30-21)25(26,27)28/h6,8-9,15,17,19H,5,7,10-13H2,1-4H3,(H,29,33)(H,35,36)(H,30,31,34). The molecule has 11 heteroatoms. The number of carbonyl (C=O) groups is 3. The normalized spacial score (nSPS) is 23.5. The van der Waals surface area contributed by atoms with Gasteiger partial charge in [0.25, 0.3) is 0 Å². The van der Waals surface area contributed by atoms with E-state index in [0.717, 1.165) is 23.8 Å². The third-order valence-electron chi connectivity index (χ3n) is 6.95. The molecule has 2 heterocycles. The summed E-state index contributed by atoms with van der Waals surface area (Å²) in [6, 6.07) is 0.498. The van der Waals surface area contributed by atoms with E-state index in [2.05, 4.69) is 21.7 Å². The highest BCUT2D eigenvalue weighted by atomic mass is 19.4. The summed E-state index contributed by atoms with van der Waals surface area (Å²) in [6.07, 6.45) is -1.02. The van der Waals surface area contributed by atoms with Crippen LogP contribution < -0.4 is 10.6 Å². The van der Waals surface area contributed by atoms with Gasteiger partial charge in [-0.1, -0.05) is 24.6 Å². The summed E-state index contributed by atoms with van der Waals surface area (Å²) in [5.41, 5.74) is -0.158. The number of nitrogens with one attached hydrogen (secondary N) is 2. The molecule has 1 aliphatic carbocycles. The number of hydrogen-bond donors (Lipinski definition) is 3. The molecule has 2 aliphatic rings. The van der Waals surface area contributed by atoms with Crippen molar-refractivity contribution in [1.29, 1.82) is 0 Å². The Morgan fingerprint density at radius 1 is 1.28 bits per heavy atom. The summed E-state index contributed by atoms with van der Waals surface area (Å²) in [7, 11) is 0. The molecule has 0 aromatic carbocycles. The number of carbonyl (C=O) groups excluding carboxylic acids is 2. The molecule has 4 atom stereocenters. The number of hydrogen-bond acceptors (Lipinski definition) is 4. The summed E-state index contributed by atoms with van der Waals surface area (Å²) >= 11 is 0. The number of halogens is 3. The number of amides is 3. The number of piperidine rings is 1. The Labute approximate surface area is 208 Å². The Hall–Kier alpha value is -3.11. The molecule has 1 saturated carbocycles. The van der Waals surface area contributed by atoms with Crippen molar-refractivity contribution in [3.8, 4) is 0 Å². The number of aryl methyl sites for hydroxylation is 1. The molecule has 3 rings (SSSR count). The number of aromatic nitrogens is 1. The van der Waals surface area contributed by atoms with Crippen LogP contribution >= 0.6 is 0 Å². The fourth-order valence-corrected chi connectivity index (χ4v) is 4.82. The Morgan fingerprint density at radius 2 is 1.97 bits per heavy atom. The van der Waals surface area contributed by atoms with Crippen LogP contribution in [-0.4, -0.2) is 51.5 Å². The van der Waals surface area contributed by atoms with Gasteiger partial charge in [-0.15, -0.1) is 0 Å². The van der Waals surface area contributed by atoms with Crippen molar-refractivity contribution < 1.29 is 32.7 Å². The second kappa shape index (κ2) is 10.5. The van der Waals surface area contributed by atoms with Crippen LogP contribution in [0.2, 0.25) is 0 Å². The molecule has 3 N–H and O–H groups in total. The van der Waals surface area contributed by atoms with Crippen molar-refractivity contribution >= 4 is 23.7 Å². The number of fused-ring (bicyclic) bond motifs is 1. The molecule has 0 spiro atoms. The second-order valence-electron chi connectivity index (χ2n) is 10.3. The number of anilines is 1. The highest BCUT2D eigenvalue weighted by Crippen LogP contribution is 2.59. The Balaban J connectivity index is 1.62. The highest BCUT2D eigenvalue weighted by molar-refractivity contribution is 5.97. The lowest BCUT2D eigenvalue weighted by molar-refractivity contribution is -0.141. The van der Waals surface area contributed by atoms with Crippen molar-refractivity contribution in [2.45, 2.75) is 78.1 Å². The molecule has 1 aromatic heterocycles. The molecule has 3 amide bonds. The van der Waals surface area contributed by atoms with Crippen LogP contribution in [0.25, 0.3) is 0 Å². The molecular formula is C25H33F3N4O4. The Kier molecular flexibility index (Phi) is 8.00. The van der Waals surface area contributed by atoms with Gasteiger partial charge in [-0.25, -0.2) is 9.78 Å². The first-order valence-electron chi connectivity index (χ1n) is 12.0. The lowest BCUT2D eigenvalue weighted by Gasteiger charge is -2.24. The van der Waals surface area contributed by atoms with Crippen molar-refractivity contribution in [2.75, 3.05) is 11.9 Å². The average molecular weight is 511 g/mol. The molecule has 0 radical (unpaired) electrons. The summed E-state index contributed by atoms with van der Waals surface area (Å²) < 4.78 is 39.1.